The lowest BCUT2D eigenvalue weighted by Gasteiger charge is -2.33. The number of hydrogen-bond acceptors (Lipinski definition) is 4. The number of nitrogens with one attached hydrogen (secondary N) is 1. The number of aryl methyl sites for hydroxylation is 1. The molecule has 27 heavy (non-hydrogen) atoms. The highest BCUT2D eigenvalue weighted by Gasteiger charge is 2.34. The molecule has 1 aromatic carbocycles. The molecule has 1 aromatic heterocycles. The van der Waals surface area contributed by atoms with E-state index in [0.717, 1.165) is 30.6 Å². The number of carbonyl (C=O) groups excluding carboxylic acids is 1. The minimum absolute atomic E-state index is 0.187. The van der Waals surface area contributed by atoms with Gasteiger partial charge in [-0.25, -0.2) is 4.39 Å². The van der Waals surface area contributed by atoms with Gasteiger partial charge in [0.1, 0.15) is 5.76 Å². The second-order valence-electron chi connectivity index (χ2n) is 8.13. The van der Waals surface area contributed by atoms with E-state index in [4.69, 9.17) is 9.26 Å². The maximum absolute atomic E-state index is 13.5. The summed E-state index contributed by atoms with van der Waals surface area (Å²) in [5, 5.41) is 6.86. The lowest BCUT2D eigenvalue weighted by Crippen LogP contribution is -2.30. The van der Waals surface area contributed by atoms with Gasteiger partial charge in [-0.05, 0) is 42.7 Å². The lowest BCUT2D eigenvalue weighted by molar-refractivity contribution is 0.0941. The summed E-state index contributed by atoms with van der Waals surface area (Å²) in [6, 6.07) is 6.28. The smallest absolute Gasteiger partial charge is 0.273 e. The number of rotatable bonds is 6. The van der Waals surface area contributed by atoms with Crippen LogP contribution in [0.5, 0.6) is 5.75 Å². The third-order valence-electron chi connectivity index (χ3n) is 5.18. The van der Waals surface area contributed by atoms with Crippen LogP contribution in [0.25, 0.3) is 0 Å². The second kappa shape index (κ2) is 8.11. The van der Waals surface area contributed by atoms with Crippen LogP contribution in [0.3, 0.4) is 0 Å². The van der Waals surface area contributed by atoms with Crippen LogP contribution >= 0.6 is 0 Å². The second-order valence-corrected chi connectivity index (χ2v) is 8.13. The van der Waals surface area contributed by atoms with Crippen LogP contribution < -0.4 is 10.1 Å². The zero-order chi connectivity index (χ0) is 19.4. The average Bonchev–Trinajstić information content (AvgIpc) is 3.05. The number of nitrogens with zero attached hydrogens (tertiary/aromatic N) is 1. The first-order chi connectivity index (χ1) is 12.9. The number of para-hydroxylation sites is 1. The first kappa shape index (κ1) is 19.4. The molecular weight excluding hydrogens is 347 g/mol. The van der Waals surface area contributed by atoms with Crippen molar-refractivity contribution in [3.05, 3.63) is 47.1 Å². The van der Waals surface area contributed by atoms with Gasteiger partial charge >= 0.3 is 0 Å². The van der Waals surface area contributed by atoms with Crippen molar-refractivity contribution >= 4 is 5.91 Å². The molecule has 146 valence electrons. The highest BCUT2D eigenvalue weighted by molar-refractivity contribution is 5.93. The van der Waals surface area contributed by atoms with Crippen LogP contribution in [0.1, 0.15) is 55.4 Å². The standard InChI is InChI=1S/C21H27FN2O3/c1-21(2,3)14-9-10-17-15(13-14)19(24-27-17)20(25)23-11-6-12-26-18-8-5-4-7-16(18)22/h4-5,7-8,14H,6,9-13H2,1-3H3,(H,23,25)/t14-/m0/s1. The molecule has 1 amide bonds. The summed E-state index contributed by atoms with van der Waals surface area (Å²) in [5.41, 5.74) is 1.53. The molecule has 0 bridgehead atoms. The maximum Gasteiger partial charge on any atom is 0.273 e. The highest BCUT2D eigenvalue weighted by atomic mass is 19.1. The fourth-order valence-electron chi connectivity index (χ4n) is 3.42. The number of aromatic nitrogens is 1. The topological polar surface area (TPSA) is 64.4 Å². The summed E-state index contributed by atoms with van der Waals surface area (Å²) in [6.45, 7) is 7.43. The van der Waals surface area contributed by atoms with Gasteiger partial charge in [-0.15, -0.1) is 0 Å². The molecule has 0 radical (unpaired) electrons. The van der Waals surface area contributed by atoms with E-state index in [1.807, 2.05) is 0 Å². The van der Waals surface area contributed by atoms with E-state index in [-0.39, 0.29) is 22.9 Å². The quantitative estimate of drug-likeness (QED) is 0.771. The summed E-state index contributed by atoms with van der Waals surface area (Å²) in [5.74, 6) is 0.959. The molecule has 1 N–H and O–H groups in total. The van der Waals surface area contributed by atoms with Gasteiger partial charge in [-0.1, -0.05) is 38.1 Å². The summed E-state index contributed by atoms with van der Waals surface area (Å²) >= 11 is 0. The molecule has 0 fully saturated rings. The van der Waals surface area contributed by atoms with Gasteiger partial charge in [0, 0.05) is 18.5 Å². The Morgan fingerprint density at radius 1 is 1.37 bits per heavy atom. The van der Waals surface area contributed by atoms with Gasteiger partial charge in [0.25, 0.3) is 5.91 Å². The Morgan fingerprint density at radius 2 is 2.15 bits per heavy atom. The predicted octanol–water partition coefficient (Wildman–Crippen LogP) is 4.16. The molecular formula is C21H27FN2O3. The van der Waals surface area contributed by atoms with E-state index in [1.165, 1.54) is 6.07 Å². The number of ether oxygens (including phenoxy) is 1. The van der Waals surface area contributed by atoms with Crippen LogP contribution in [0, 0.1) is 17.2 Å². The number of carbonyl (C=O) groups is 1. The number of halogens is 1. The molecule has 2 aromatic rings. The Labute approximate surface area is 159 Å². The molecule has 0 saturated heterocycles. The van der Waals surface area contributed by atoms with E-state index < -0.39 is 0 Å². The Morgan fingerprint density at radius 3 is 2.89 bits per heavy atom. The molecule has 1 atom stereocenters. The van der Waals surface area contributed by atoms with E-state index in [2.05, 4.69) is 31.2 Å². The van der Waals surface area contributed by atoms with E-state index >= 15 is 0 Å². The average molecular weight is 374 g/mol. The zero-order valence-electron chi connectivity index (χ0n) is 16.2. The molecule has 5 nitrogen and oxygen atoms in total. The van der Waals surface area contributed by atoms with Crippen molar-refractivity contribution in [1.82, 2.24) is 10.5 Å². The molecule has 3 rings (SSSR count). The Bertz CT molecular complexity index is 795. The van der Waals surface area contributed by atoms with Crippen molar-refractivity contribution in [2.75, 3.05) is 13.2 Å². The van der Waals surface area contributed by atoms with Crippen molar-refractivity contribution in [2.45, 2.75) is 46.5 Å². The molecule has 1 aliphatic rings. The van der Waals surface area contributed by atoms with Gasteiger partial charge < -0.3 is 14.6 Å². The van der Waals surface area contributed by atoms with E-state index in [9.17, 15) is 9.18 Å². The highest BCUT2D eigenvalue weighted by Crippen LogP contribution is 2.38. The van der Waals surface area contributed by atoms with Crippen LogP contribution in [-0.2, 0) is 12.8 Å². The lowest BCUT2D eigenvalue weighted by atomic mass is 9.71. The predicted molar refractivity (Wildman–Crippen MR) is 100 cm³/mol. The first-order valence-corrected chi connectivity index (χ1v) is 9.49. The minimum atomic E-state index is -0.385. The van der Waals surface area contributed by atoms with Gasteiger partial charge in [0.2, 0.25) is 0 Å². The number of fused-ring (bicyclic) bond motifs is 1. The van der Waals surface area contributed by atoms with E-state index in [1.54, 1.807) is 18.2 Å². The summed E-state index contributed by atoms with van der Waals surface area (Å²) in [4.78, 5) is 12.5. The molecule has 1 heterocycles. The zero-order valence-corrected chi connectivity index (χ0v) is 16.2. The van der Waals surface area contributed by atoms with Crippen molar-refractivity contribution in [1.29, 1.82) is 0 Å². The third-order valence-corrected chi connectivity index (χ3v) is 5.18. The largest absolute Gasteiger partial charge is 0.490 e. The number of hydrogen-bond donors (Lipinski definition) is 1. The third kappa shape index (κ3) is 4.67. The minimum Gasteiger partial charge on any atom is -0.490 e. The summed E-state index contributed by atoms with van der Waals surface area (Å²) in [6.07, 6.45) is 3.28. The van der Waals surface area contributed by atoms with Crippen LogP contribution in [0.15, 0.2) is 28.8 Å². The van der Waals surface area contributed by atoms with Crippen molar-refractivity contribution in [3.8, 4) is 5.75 Å². The summed E-state index contributed by atoms with van der Waals surface area (Å²) in [7, 11) is 0. The SMILES string of the molecule is CC(C)(C)[C@H]1CCc2onc(C(=O)NCCCOc3ccccc3F)c2C1. The molecule has 0 aliphatic heterocycles. The van der Waals surface area contributed by atoms with Gasteiger partial charge in [-0.2, -0.15) is 0 Å². The molecule has 6 heteroatoms. The number of benzene rings is 1. The van der Waals surface area contributed by atoms with Crippen LogP contribution in [-0.4, -0.2) is 24.2 Å². The van der Waals surface area contributed by atoms with Crippen molar-refractivity contribution in [2.24, 2.45) is 11.3 Å². The van der Waals surface area contributed by atoms with Crippen molar-refractivity contribution in [3.63, 3.8) is 0 Å². The van der Waals surface area contributed by atoms with Crippen LogP contribution in [0.4, 0.5) is 4.39 Å². The monoisotopic (exact) mass is 374 g/mol. The van der Waals surface area contributed by atoms with Crippen LogP contribution in [0.2, 0.25) is 0 Å². The Balaban J connectivity index is 1.50. The molecule has 1 aliphatic carbocycles. The Hall–Kier alpha value is -2.37. The van der Waals surface area contributed by atoms with Crippen molar-refractivity contribution < 1.29 is 18.4 Å². The first-order valence-electron chi connectivity index (χ1n) is 9.49. The Kier molecular flexibility index (Phi) is 5.82. The molecule has 0 saturated carbocycles. The van der Waals surface area contributed by atoms with Gasteiger partial charge in [0.15, 0.2) is 17.3 Å². The van der Waals surface area contributed by atoms with Gasteiger partial charge in [-0.3, -0.25) is 4.79 Å². The molecule has 0 spiro atoms. The number of amides is 1. The maximum atomic E-state index is 13.5. The normalized spacial score (nSPS) is 16.7. The fourth-order valence-corrected chi connectivity index (χ4v) is 3.42. The van der Waals surface area contributed by atoms with E-state index in [0.29, 0.717) is 31.2 Å². The summed E-state index contributed by atoms with van der Waals surface area (Å²) < 4.78 is 24.3. The molecule has 0 unspecified atom stereocenters. The fraction of sp³-hybridized carbons (Fsp3) is 0.524. The van der Waals surface area contributed by atoms with Gasteiger partial charge in [0.05, 0.1) is 6.61 Å².